The molecule has 0 amide bonds. The number of nitrogens with zero attached hydrogens (tertiary/aromatic N) is 1. The zero-order chi connectivity index (χ0) is 15.4. The summed E-state index contributed by atoms with van der Waals surface area (Å²) < 4.78 is 5.76. The highest BCUT2D eigenvalue weighted by Crippen LogP contribution is 2.35. The molecular formula is C15H15ClN2O3. The van der Waals surface area contributed by atoms with Gasteiger partial charge in [0.1, 0.15) is 11.5 Å². The van der Waals surface area contributed by atoms with Crippen LogP contribution in [0.1, 0.15) is 24.9 Å². The first-order chi connectivity index (χ1) is 10.0. The highest BCUT2D eigenvalue weighted by atomic mass is 35.5. The fraction of sp³-hybridized carbons (Fsp3) is 0.200. The number of benzene rings is 2. The van der Waals surface area contributed by atoms with Crippen molar-refractivity contribution in [3.05, 3.63) is 63.2 Å². The number of non-ortho nitro benzene ring substituents is 1. The smallest absolute Gasteiger partial charge is 0.271 e. The molecule has 1 unspecified atom stereocenters. The molecule has 6 heteroatoms. The standard InChI is InChI=1S/C15H15ClN2O3/c1-2-13(17)11-5-3-4-6-14(11)21-15-8-7-10(18(19)20)9-12(15)16/h3-9,13H,2,17H2,1H3. The van der Waals surface area contributed by atoms with Crippen LogP contribution in [0.15, 0.2) is 42.5 Å². The molecule has 0 fully saturated rings. The molecule has 110 valence electrons. The quantitative estimate of drug-likeness (QED) is 0.654. The molecule has 2 aromatic rings. The number of hydrogen-bond donors (Lipinski definition) is 1. The Balaban J connectivity index is 2.33. The molecule has 0 saturated carbocycles. The first kappa shape index (κ1) is 15.3. The maximum atomic E-state index is 10.7. The van der Waals surface area contributed by atoms with Crippen molar-refractivity contribution in [1.29, 1.82) is 0 Å². The Hall–Kier alpha value is -2.11. The van der Waals surface area contributed by atoms with Gasteiger partial charge in [0, 0.05) is 23.7 Å². The van der Waals surface area contributed by atoms with Crippen LogP contribution in [0.4, 0.5) is 5.69 Å². The molecule has 0 aliphatic heterocycles. The third-order valence-electron chi connectivity index (χ3n) is 3.10. The van der Waals surface area contributed by atoms with Crippen molar-refractivity contribution in [2.45, 2.75) is 19.4 Å². The van der Waals surface area contributed by atoms with Gasteiger partial charge in [0.2, 0.25) is 0 Å². The van der Waals surface area contributed by atoms with Crippen molar-refractivity contribution in [2.24, 2.45) is 5.73 Å². The van der Waals surface area contributed by atoms with E-state index in [0.717, 1.165) is 12.0 Å². The van der Waals surface area contributed by atoms with Gasteiger partial charge in [-0.3, -0.25) is 10.1 Å². The van der Waals surface area contributed by atoms with Gasteiger partial charge in [0.15, 0.2) is 0 Å². The Morgan fingerprint density at radius 1 is 1.29 bits per heavy atom. The molecule has 1 atom stereocenters. The molecule has 0 saturated heterocycles. The molecule has 0 spiro atoms. The van der Waals surface area contributed by atoms with E-state index in [0.29, 0.717) is 11.5 Å². The molecule has 5 nitrogen and oxygen atoms in total. The summed E-state index contributed by atoms with van der Waals surface area (Å²) in [5, 5.41) is 10.9. The summed E-state index contributed by atoms with van der Waals surface area (Å²) in [6.07, 6.45) is 0.772. The van der Waals surface area contributed by atoms with E-state index in [9.17, 15) is 10.1 Å². The number of nitro groups is 1. The number of nitrogens with two attached hydrogens (primary N) is 1. The second kappa shape index (κ2) is 6.56. The van der Waals surface area contributed by atoms with E-state index in [1.807, 2.05) is 25.1 Å². The molecule has 21 heavy (non-hydrogen) atoms. The lowest BCUT2D eigenvalue weighted by molar-refractivity contribution is -0.384. The average Bonchev–Trinajstić information content (AvgIpc) is 2.49. The summed E-state index contributed by atoms with van der Waals surface area (Å²) in [5.74, 6) is 0.959. The molecule has 2 rings (SSSR count). The summed E-state index contributed by atoms with van der Waals surface area (Å²) >= 11 is 6.03. The van der Waals surface area contributed by atoms with E-state index in [1.54, 1.807) is 6.07 Å². The first-order valence-corrected chi connectivity index (χ1v) is 6.87. The normalized spacial score (nSPS) is 12.0. The zero-order valence-electron chi connectivity index (χ0n) is 11.5. The van der Waals surface area contributed by atoms with Crippen LogP contribution in [0, 0.1) is 10.1 Å². The molecule has 0 heterocycles. The van der Waals surface area contributed by atoms with Crippen LogP contribution < -0.4 is 10.5 Å². The Morgan fingerprint density at radius 3 is 2.62 bits per heavy atom. The summed E-state index contributed by atoms with van der Waals surface area (Å²) in [6, 6.07) is 11.4. The van der Waals surface area contributed by atoms with Crippen molar-refractivity contribution in [3.63, 3.8) is 0 Å². The lowest BCUT2D eigenvalue weighted by Gasteiger charge is -2.15. The number of rotatable bonds is 5. The van der Waals surface area contributed by atoms with Gasteiger partial charge in [-0.05, 0) is 18.6 Å². The highest BCUT2D eigenvalue weighted by molar-refractivity contribution is 6.32. The van der Waals surface area contributed by atoms with Crippen LogP contribution in [0.5, 0.6) is 11.5 Å². The topological polar surface area (TPSA) is 78.4 Å². The van der Waals surface area contributed by atoms with Gasteiger partial charge in [0.25, 0.3) is 5.69 Å². The number of halogens is 1. The monoisotopic (exact) mass is 306 g/mol. The van der Waals surface area contributed by atoms with Crippen LogP contribution in [0.25, 0.3) is 0 Å². The van der Waals surface area contributed by atoms with Crippen molar-refractivity contribution in [2.75, 3.05) is 0 Å². The fourth-order valence-corrected chi connectivity index (χ4v) is 2.12. The Bertz CT molecular complexity index is 661. The highest BCUT2D eigenvalue weighted by Gasteiger charge is 2.14. The van der Waals surface area contributed by atoms with E-state index in [4.69, 9.17) is 22.1 Å². The van der Waals surface area contributed by atoms with E-state index >= 15 is 0 Å². The van der Waals surface area contributed by atoms with E-state index in [-0.39, 0.29) is 16.8 Å². The van der Waals surface area contributed by atoms with Crippen molar-refractivity contribution >= 4 is 17.3 Å². The molecule has 0 bridgehead atoms. The number of hydrogen-bond acceptors (Lipinski definition) is 4. The van der Waals surface area contributed by atoms with E-state index in [2.05, 4.69) is 0 Å². The average molecular weight is 307 g/mol. The number of nitro benzene ring substituents is 1. The first-order valence-electron chi connectivity index (χ1n) is 6.49. The maximum Gasteiger partial charge on any atom is 0.271 e. The second-order valence-electron chi connectivity index (χ2n) is 4.53. The lowest BCUT2D eigenvalue weighted by atomic mass is 10.0. The van der Waals surface area contributed by atoms with Crippen LogP contribution in [-0.2, 0) is 0 Å². The Kier molecular flexibility index (Phi) is 4.77. The Labute approximate surface area is 127 Å². The third-order valence-corrected chi connectivity index (χ3v) is 3.40. The van der Waals surface area contributed by atoms with Gasteiger partial charge < -0.3 is 10.5 Å². The molecule has 0 aliphatic rings. The van der Waals surface area contributed by atoms with Crippen LogP contribution in [0.3, 0.4) is 0 Å². The summed E-state index contributed by atoms with van der Waals surface area (Å²) in [4.78, 5) is 10.2. The van der Waals surface area contributed by atoms with Crippen LogP contribution >= 0.6 is 11.6 Å². The lowest BCUT2D eigenvalue weighted by Crippen LogP contribution is -2.09. The SMILES string of the molecule is CCC(N)c1ccccc1Oc1ccc([N+](=O)[O-])cc1Cl. The van der Waals surface area contributed by atoms with Crippen molar-refractivity contribution in [1.82, 2.24) is 0 Å². The summed E-state index contributed by atoms with van der Waals surface area (Å²) in [5.41, 5.74) is 6.84. The number of ether oxygens (including phenoxy) is 1. The van der Waals surface area contributed by atoms with Crippen molar-refractivity contribution in [3.8, 4) is 11.5 Å². The largest absolute Gasteiger partial charge is 0.455 e. The minimum atomic E-state index is -0.503. The fourth-order valence-electron chi connectivity index (χ4n) is 1.90. The third kappa shape index (κ3) is 3.51. The van der Waals surface area contributed by atoms with Gasteiger partial charge in [-0.1, -0.05) is 36.7 Å². The molecule has 2 aromatic carbocycles. The predicted octanol–water partition coefficient (Wildman–Crippen LogP) is 4.45. The summed E-state index contributed by atoms with van der Waals surface area (Å²) in [7, 11) is 0. The zero-order valence-corrected chi connectivity index (χ0v) is 12.2. The molecule has 0 aromatic heterocycles. The maximum absolute atomic E-state index is 10.7. The summed E-state index contributed by atoms with van der Waals surface area (Å²) in [6.45, 7) is 1.99. The van der Waals surface area contributed by atoms with Gasteiger partial charge >= 0.3 is 0 Å². The molecule has 0 aliphatic carbocycles. The Morgan fingerprint density at radius 2 is 2.00 bits per heavy atom. The minimum absolute atomic E-state index is 0.0779. The van der Waals surface area contributed by atoms with Gasteiger partial charge in [-0.25, -0.2) is 0 Å². The van der Waals surface area contributed by atoms with Crippen LogP contribution in [0.2, 0.25) is 5.02 Å². The predicted molar refractivity (Wildman–Crippen MR) is 81.8 cm³/mol. The minimum Gasteiger partial charge on any atom is -0.455 e. The van der Waals surface area contributed by atoms with Crippen LogP contribution in [-0.4, -0.2) is 4.92 Å². The van der Waals surface area contributed by atoms with Gasteiger partial charge in [0.05, 0.1) is 9.95 Å². The molecule has 0 radical (unpaired) electrons. The second-order valence-corrected chi connectivity index (χ2v) is 4.93. The molecular weight excluding hydrogens is 292 g/mol. The van der Waals surface area contributed by atoms with E-state index < -0.39 is 4.92 Å². The van der Waals surface area contributed by atoms with Crippen molar-refractivity contribution < 1.29 is 9.66 Å². The van der Waals surface area contributed by atoms with Gasteiger partial charge in [-0.2, -0.15) is 0 Å². The van der Waals surface area contributed by atoms with E-state index in [1.165, 1.54) is 18.2 Å². The molecule has 2 N–H and O–H groups in total. The number of para-hydroxylation sites is 1. The van der Waals surface area contributed by atoms with Gasteiger partial charge in [-0.15, -0.1) is 0 Å².